The third-order valence-corrected chi connectivity index (χ3v) is 7.76. The van der Waals surface area contributed by atoms with Gasteiger partial charge in [0.05, 0.1) is 21.3 Å². The normalized spacial score (nSPS) is 14.9. The number of nitrogens with one attached hydrogen (secondary N) is 2. The van der Waals surface area contributed by atoms with Crippen LogP contribution in [-0.4, -0.2) is 61.7 Å². The Bertz CT molecular complexity index is 1500. The number of carbonyl (C=O) groups excluding carboxylic acids is 1. The molecule has 1 saturated heterocycles. The highest BCUT2D eigenvalue weighted by Gasteiger charge is 2.37. The molecular weight excluding hydrogens is 504 g/mol. The number of benzene rings is 1. The van der Waals surface area contributed by atoms with Crippen LogP contribution in [0.5, 0.6) is 0 Å². The van der Waals surface area contributed by atoms with Crippen LogP contribution in [0.3, 0.4) is 0 Å². The Morgan fingerprint density at radius 3 is 2.50 bits per heavy atom. The number of aromatic nitrogens is 5. The number of aliphatic carboxylic acids is 1. The molecule has 4 aromatic rings. The standard InChI is InChI=1S/C26H28N8O3S/c1-4-27-24(37)33-25-32-20-12-16(11-18(21(20)38-25)19-5-8-28-15(2)31-19)17-13-29-23(30-14-17)34-9-6-26(3,7-10-34)22(35)36/h5,8,11-14H,4,6-7,9-10H2,1-3H3,(H,35,36)(H2,27,32,33,37). The maximum Gasteiger partial charge on any atom is 0.321 e. The molecule has 12 heteroatoms. The molecule has 4 heterocycles. The minimum absolute atomic E-state index is 0.309. The molecule has 0 atom stereocenters. The molecule has 5 rings (SSSR count). The number of anilines is 2. The van der Waals surface area contributed by atoms with Crippen LogP contribution in [0.1, 0.15) is 32.5 Å². The lowest BCUT2D eigenvalue weighted by atomic mass is 9.80. The third kappa shape index (κ3) is 5.12. The monoisotopic (exact) mass is 532 g/mol. The predicted molar refractivity (Wildman–Crippen MR) is 146 cm³/mol. The van der Waals surface area contributed by atoms with Crippen LogP contribution in [0.4, 0.5) is 15.9 Å². The summed E-state index contributed by atoms with van der Waals surface area (Å²) < 4.78 is 0.894. The number of carboxylic acid groups (broad SMARTS) is 1. The van der Waals surface area contributed by atoms with Crippen molar-refractivity contribution < 1.29 is 14.7 Å². The number of hydrogen-bond acceptors (Lipinski definition) is 9. The van der Waals surface area contributed by atoms with Crippen LogP contribution in [0.2, 0.25) is 0 Å². The molecule has 0 saturated carbocycles. The van der Waals surface area contributed by atoms with Gasteiger partial charge in [-0.25, -0.2) is 29.7 Å². The number of carboxylic acids is 1. The molecular formula is C26H28N8O3S. The van der Waals surface area contributed by atoms with Gasteiger partial charge in [-0.1, -0.05) is 11.3 Å². The van der Waals surface area contributed by atoms with Crippen molar-refractivity contribution in [2.24, 2.45) is 5.41 Å². The molecule has 0 radical (unpaired) electrons. The number of aryl methyl sites for hydroxylation is 1. The van der Waals surface area contributed by atoms with Gasteiger partial charge in [-0.2, -0.15) is 0 Å². The van der Waals surface area contributed by atoms with E-state index < -0.39 is 11.4 Å². The van der Waals surface area contributed by atoms with Gasteiger partial charge in [0.1, 0.15) is 5.82 Å². The van der Waals surface area contributed by atoms with Crippen LogP contribution in [0.25, 0.3) is 32.6 Å². The lowest BCUT2D eigenvalue weighted by Crippen LogP contribution is -2.43. The minimum atomic E-state index is -0.759. The Balaban J connectivity index is 1.48. The molecule has 1 aliphatic heterocycles. The summed E-state index contributed by atoms with van der Waals surface area (Å²) in [7, 11) is 0. The van der Waals surface area contributed by atoms with E-state index in [1.165, 1.54) is 11.3 Å². The number of hydrogen-bond donors (Lipinski definition) is 3. The number of carbonyl (C=O) groups is 2. The summed E-state index contributed by atoms with van der Waals surface area (Å²) in [5, 5.41) is 15.5. The van der Waals surface area contributed by atoms with E-state index in [1.54, 1.807) is 25.5 Å². The Kier molecular flexibility index (Phi) is 6.89. The largest absolute Gasteiger partial charge is 0.481 e. The van der Waals surface area contributed by atoms with Crippen molar-refractivity contribution in [3.8, 4) is 22.4 Å². The van der Waals surface area contributed by atoms with E-state index in [4.69, 9.17) is 0 Å². The zero-order chi connectivity index (χ0) is 26.9. The van der Waals surface area contributed by atoms with E-state index in [0.717, 1.165) is 32.6 Å². The van der Waals surface area contributed by atoms with Gasteiger partial charge in [0, 0.05) is 49.4 Å². The first-order chi connectivity index (χ1) is 18.3. The number of fused-ring (bicyclic) bond motifs is 1. The van der Waals surface area contributed by atoms with Gasteiger partial charge >= 0.3 is 12.0 Å². The summed E-state index contributed by atoms with van der Waals surface area (Å²) in [6, 6.07) is 5.51. The first-order valence-corrected chi connectivity index (χ1v) is 13.2. The highest BCUT2D eigenvalue weighted by atomic mass is 32.1. The molecule has 2 amide bonds. The van der Waals surface area contributed by atoms with E-state index in [2.05, 4.69) is 35.6 Å². The van der Waals surface area contributed by atoms with Crippen molar-refractivity contribution in [2.45, 2.75) is 33.6 Å². The maximum atomic E-state index is 12.1. The second-order valence-corrected chi connectivity index (χ2v) is 10.5. The Morgan fingerprint density at radius 2 is 1.84 bits per heavy atom. The van der Waals surface area contributed by atoms with Gasteiger partial charge in [0.25, 0.3) is 0 Å². The molecule has 0 aliphatic carbocycles. The van der Waals surface area contributed by atoms with Gasteiger partial charge < -0.3 is 15.3 Å². The van der Waals surface area contributed by atoms with E-state index in [0.29, 0.717) is 49.4 Å². The highest BCUT2D eigenvalue weighted by molar-refractivity contribution is 7.22. The Labute approximate surface area is 223 Å². The zero-order valence-electron chi connectivity index (χ0n) is 21.4. The van der Waals surface area contributed by atoms with Crippen LogP contribution in [0, 0.1) is 12.3 Å². The van der Waals surface area contributed by atoms with Gasteiger partial charge in [-0.05, 0) is 57.4 Å². The van der Waals surface area contributed by atoms with E-state index in [-0.39, 0.29) is 6.03 Å². The van der Waals surface area contributed by atoms with Crippen molar-refractivity contribution >= 4 is 44.6 Å². The maximum absolute atomic E-state index is 12.1. The number of nitrogens with zero attached hydrogens (tertiary/aromatic N) is 6. The van der Waals surface area contributed by atoms with Crippen LogP contribution < -0.4 is 15.5 Å². The van der Waals surface area contributed by atoms with Gasteiger partial charge in [-0.3, -0.25) is 10.1 Å². The molecule has 0 spiro atoms. The fourth-order valence-electron chi connectivity index (χ4n) is 4.40. The third-order valence-electron chi connectivity index (χ3n) is 6.74. The SMILES string of the molecule is CCNC(=O)Nc1nc2cc(-c3cnc(N4CCC(C)(C(=O)O)CC4)nc3)cc(-c3ccnc(C)n3)c2s1. The number of urea groups is 1. The number of thiazole rings is 1. The van der Waals surface area contributed by atoms with Gasteiger partial charge in [-0.15, -0.1) is 0 Å². The molecule has 3 aromatic heterocycles. The summed E-state index contributed by atoms with van der Waals surface area (Å²) in [4.78, 5) is 48.3. The van der Waals surface area contributed by atoms with Crippen LogP contribution >= 0.6 is 11.3 Å². The Morgan fingerprint density at radius 1 is 1.11 bits per heavy atom. The minimum Gasteiger partial charge on any atom is -0.481 e. The number of amides is 2. The molecule has 3 N–H and O–H groups in total. The van der Waals surface area contributed by atoms with Crippen LogP contribution in [0.15, 0.2) is 36.8 Å². The van der Waals surface area contributed by atoms with E-state index >= 15 is 0 Å². The molecule has 1 aromatic carbocycles. The zero-order valence-corrected chi connectivity index (χ0v) is 22.2. The molecule has 0 bridgehead atoms. The summed E-state index contributed by atoms with van der Waals surface area (Å²) >= 11 is 1.38. The lowest BCUT2D eigenvalue weighted by Gasteiger charge is -2.36. The second kappa shape index (κ2) is 10.3. The quantitative estimate of drug-likeness (QED) is 0.330. The van der Waals surface area contributed by atoms with E-state index in [1.807, 2.05) is 36.9 Å². The average Bonchev–Trinajstić information content (AvgIpc) is 3.31. The topological polar surface area (TPSA) is 146 Å². The van der Waals surface area contributed by atoms with Crippen molar-refractivity contribution in [2.75, 3.05) is 29.9 Å². The second-order valence-electron chi connectivity index (χ2n) is 9.49. The average molecular weight is 533 g/mol. The predicted octanol–water partition coefficient (Wildman–Crippen LogP) is 4.35. The van der Waals surface area contributed by atoms with Crippen LogP contribution in [-0.2, 0) is 4.79 Å². The summed E-state index contributed by atoms with van der Waals surface area (Å²) in [5.74, 6) is 0.473. The smallest absolute Gasteiger partial charge is 0.321 e. The first-order valence-electron chi connectivity index (χ1n) is 12.4. The summed E-state index contributed by atoms with van der Waals surface area (Å²) in [5.41, 5.74) is 3.31. The van der Waals surface area contributed by atoms with Crippen molar-refractivity contribution in [3.63, 3.8) is 0 Å². The fourth-order valence-corrected chi connectivity index (χ4v) is 5.36. The summed E-state index contributed by atoms with van der Waals surface area (Å²) in [6.07, 6.45) is 6.34. The molecule has 1 fully saturated rings. The first kappa shape index (κ1) is 25.5. The fraction of sp³-hybridized carbons (Fsp3) is 0.346. The van der Waals surface area contributed by atoms with E-state index in [9.17, 15) is 14.7 Å². The number of rotatable bonds is 6. The van der Waals surface area contributed by atoms with Crippen molar-refractivity contribution in [1.29, 1.82) is 0 Å². The summed E-state index contributed by atoms with van der Waals surface area (Å²) in [6.45, 7) is 7.17. The molecule has 196 valence electrons. The van der Waals surface area contributed by atoms with Crippen molar-refractivity contribution in [1.82, 2.24) is 30.2 Å². The molecule has 11 nitrogen and oxygen atoms in total. The number of piperidine rings is 1. The molecule has 0 unspecified atom stereocenters. The lowest BCUT2D eigenvalue weighted by molar-refractivity contribution is -0.149. The van der Waals surface area contributed by atoms with Gasteiger partial charge in [0.15, 0.2) is 5.13 Å². The molecule has 1 aliphatic rings. The molecule has 38 heavy (non-hydrogen) atoms. The van der Waals surface area contributed by atoms with Crippen molar-refractivity contribution in [3.05, 3.63) is 42.6 Å². The Hall–Kier alpha value is -4.19. The highest BCUT2D eigenvalue weighted by Crippen LogP contribution is 2.38. The van der Waals surface area contributed by atoms with Gasteiger partial charge in [0.2, 0.25) is 5.95 Å².